The maximum atomic E-state index is 12.0. The van der Waals surface area contributed by atoms with Crippen LogP contribution in [0.3, 0.4) is 0 Å². The summed E-state index contributed by atoms with van der Waals surface area (Å²) in [6, 6.07) is 5.51. The highest BCUT2D eigenvalue weighted by molar-refractivity contribution is 5.91. The third kappa shape index (κ3) is 5.73. The van der Waals surface area contributed by atoms with Crippen molar-refractivity contribution in [3.8, 4) is 11.5 Å². The average Bonchev–Trinajstić information content (AvgIpc) is 3.38. The summed E-state index contributed by atoms with van der Waals surface area (Å²) in [6.07, 6.45) is 9.49. The second-order valence-electron chi connectivity index (χ2n) is 6.78. The lowest BCUT2D eigenvalue weighted by atomic mass is 10.2. The molecule has 0 aliphatic carbocycles. The standard InChI is InChI=1S/C22H26N4O4/c1-16-19(17(2)30-25-16)14-29-20-7-5-18(13-21(20)28-3)6-8-22(27)24-9-4-11-26-12-10-23-15-26/h5-8,10,12-13,15H,4,9,11,14H2,1-3H3,(H,24,27)/b8-6+. The molecule has 3 aromatic rings. The number of ether oxygens (including phenoxy) is 2. The van der Waals surface area contributed by atoms with Crippen molar-refractivity contribution in [2.45, 2.75) is 33.4 Å². The number of nitrogens with zero attached hydrogens (tertiary/aromatic N) is 3. The minimum absolute atomic E-state index is 0.140. The molecular weight excluding hydrogens is 384 g/mol. The van der Waals surface area contributed by atoms with Gasteiger partial charge in [-0.1, -0.05) is 11.2 Å². The number of carbonyl (C=O) groups excluding carboxylic acids is 1. The predicted octanol–water partition coefficient (Wildman–Crippen LogP) is 3.30. The summed E-state index contributed by atoms with van der Waals surface area (Å²) < 4.78 is 18.4. The van der Waals surface area contributed by atoms with Gasteiger partial charge in [-0.3, -0.25) is 4.79 Å². The molecule has 1 amide bonds. The minimum atomic E-state index is -0.140. The topological polar surface area (TPSA) is 91.4 Å². The van der Waals surface area contributed by atoms with Gasteiger partial charge >= 0.3 is 0 Å². The highest BCUT2D eigenvalue weighted by Crippen LogP contribution is 2.30. The van der Waals surface area contributed by atoms with Crippen molar-refractivity contribution in [3.63, 3.8) is 0 Å². The van der Waals surface area contributed by atoms with Crippen molar-refractivity contribution in [1.82, 2.24) is 20.0 Å². The number of rotatable bonds is 10. The molecule has 1 aromatic carbocycles. The first-order valence-electron chi connectivity index (χ1n) is 9.71. The van der Waals surface area contributed by atoms with Gasteiger partial charge in [-0.2, -0.15) is 0 Å². The molecule has 0 saturated heterocycles. The summed E-state index contributed by atoms with van der Waals surface area (Å²) in [5.74, 6) is 1.80. The van der Waals surface area contributed by atoms with Gasteiger partial charge in [0.05, 0.1) is 24.7 Å². The zero-order valence-electron chi connectivity index (χ0n) is 17.4. The van der Waals surface area contributed by atoms with Gasteiger partial charge in [-0.25, -0.2) is 4.98 Å². The number of methoxy groups -OCH3 is 1. The van der Waals surface area contributed by atoms with Crippen LogP contribution in [0.5, 0.6) is 11.5 Å². The smallest absolute Gasteiger partial charge is 0.244 e. The summed E-state index contributed by atoms with van der Waals surface area (Å²) in [4.78, 5) is 16.0. The zero-order valence-corrected chi connectivity index (χ0v) is 17.4. The van der Waals surface area contributed by atoms with E-state index in [4.69, 9.17) is 14.0 Å². The zero-order chi connectivity index (χ0) is 21.3. The van der Waals surface area contributed by atoms with E-state index in [1.165, 1.54) is 6.08 Å². The van der Waals surface area contributed by atoms with E-state index in [0.717, 1.165) is 35.5 Å². The molecule has 0 bridgehead atoms. The first-order chi connectivity index (χ1) is 14.6. The number of nitrogens with one attached hydrogen (secondary N) is 1. The molecule has 3 rings (SSSR count). The van der Waals surface area contributed by atoms with Crippen LogP contribution in [0.2, 0.25) is 0 Å². The van der Waals surface area contributed by atoms with E-state index < -0.39 is 0 Å². The average molecular weight is 410 g/mol. The van der Waals surface area contributed by atoms with E-state index in [1.807, 2.05) is 42.8 Å². The fourth-order valence-electron chi connectivity index (χ4n) is 2.89. The first kappa shape index (κ1) is 21.2. The van der Waals surface area contributed by atoms with Gasteiger partial charge in [0.2, 0.25) is 5.91 Å². The van der Waals surface area contributed by atoms with Crippen LogP contribution >= 0.6 is 0 Å². The van der Waals surface area contributed by atoms with E-state index in [2.05, 4.69) is 15.5 Å². The summed E-state index contributed by atoms with van der Waals surface area (Å²) in [7, 11) is 1.58. The molecular formula is C22H26N4O4. The van der Waals surface area contributed by atoms with Gasteiger partial charge in [0.15, 0.2) is 11.5 Å². The molecule has 0 spiro atoms. The monoisotopic (exact) mass is 410 g/mol. The lowest BCUT2D eigenvalue weighted by Gasteiger charge is -2.11. The van der Waals surface area contributed by atoms with Gasteiger partial charge in [0.25, 0.3) is 0 Å². The van der Waals surface area contributed by atoms with Crippen molar-refractivity contribution in [2.24, 2.45) is 0 Å². The maximum absolute atomic E-state index is 12.0. The van der Waals surface area contributed by atoms with Gasteiger partial charge in [-0.05, 0) is 44.0 Å². The second kappa shape index (κ2) is 10.3. The molecule has 1 N–H and O–H groups in total. The SMILES string of the molecule is COc1cc(/C=C/C(=O)NCCCn2ccnc2)ccc1OCc1c(C)noc1C. The van der Waals surface area contributed by atoms with Crippen molar-refractivity contribution in [2.75, 3.05) is 13.7 Å². The lowest BCUT2D eigenvalue weighted by Crippen LogP contribution is -2.22. The second-order valence-corrected chi connectivity index (χ2v) is 6.78. The van der Waals surface area contributed by atoms with Crippen LogP contribution in [0.15, 0.2) is 47.5 Å². The molecule has 0 saturated carbocycles. The Kier molecular flexibility index (Phi) is 7.26. The van der Waals surface area contributed by atoms with Gasteiger partial charge in [-0.15, -0.1) is 0 Å². The van der Waals surface area contributed by atoms with Crippen molar-refractivity contribution >= 4 is 12.0 Å². The molecule has 0 fully saturated rings. The highest BCUT2D eigenvalue weighted by Gasteiger charge is 2.12. The number of aryl methyl sites for hydroxylation is 3. The molecule has 8 nitrogen and oxygen atoms in total. The Morgan fingerprint density at radius 2 is 2.17 bits per heavy atom. The maximum Gasteiger partial charge on any atom is 0.244 e. The van der Waals surface area contributed by atoms with E-state index in [-0.39, 0.29) is 5.91 Å². The van der Waals surface area contributed by atoms with Gasteiger partial charge < -0.3 is 23.9 Å². The van der Waals surface area contributed by atoms with Crippen molar-refractivity contribution in [1.29, 1.82) is 0 Å². The molecule has 30 heavy (non-hydrogen) atoms. The first-order valence-corrected chi connectivity index (χ1v) is 9.71. The number of amides is 1. The third-order valence-electron chi connectivity index (χ3n) is 4.62. The fraction of sp³-hybridized carbons (Fsp3) is 0.318. The van der Waals surface area contributed by atoms with Crippen LogP contribution in [-0.2, 0) is 17.9 Å². The molecule has 0 aliphatic rings. The summed E-state index contributed by atoms with van der Waals surface area (Å²) in [6.45, 7) is 5.49. The Hall–Kier alpha value is -3.55. The Bertz CT molecular complexity index is 973. The number of benzene rings is 1. The molecule has 0 radical (unpaired) electrons. The van der Waals surface area contributed by atoms with Crippen LogP contribution in [0.25, 0.3) is 6.08 Å². The largest absolute Gasteiger partial charge is 0.493 e. The number of hydrogen-bond acceptors (Lipinski definition) is 6. The number of imidazole rings is 1. The van der Waals surface area contributed by atoms with E-state index in [9.17, 15) is 4.79 Å². The minimum Gasteiger partial charge on any atom is -0.493 e. The Labute approximate surface area is 175 Å². The number of carbonyl (C=O) groups is 1. The van der Waals surface area contributed by atoms with E-state index >= 15 is 0 Å². The lowest BCUT2D eigenvalue weighted by molar-refractivity contribution is -0.116. The molecule has 0 aliphatic heterocycles. The highest BCUT2D eigenvalue weighted by atomic mass is 16.5. The fourth-order valence-corrected chi connectivity index (χ4v) is 2.89. The molecule has 2 aromatic heterocycles. The number of aromatic nitrogens is 3. The van der Waals surface area contributed by atoms with E-state index in [1.54, 1.807) is 25.7 Å². The van der Waals surface area contributed by atoms with Gasteiger partial charge in [0.1, 0.15) is 12.4 Å². The van der Waals surface area contributed by atoms with E-state index in [0.29, 0.717) is 24.7 Å². The van der Waals surface area contributed by atoms with Crippen LogP contribution in [0, 0.1) is 13.8 Å². The molecule has 2 heterocycles. The number of hydrogen-bond donors (Lipinski definition) is 1. The Morgan fingerprint density at radius 1 is 1.30 bits per heavy atom. The van der Waals surface area contributed by atoms with Crippen molar-refractivity contribution in [3.05, 3.63) is 65.6 Å². The summed E-state index contributed by atoms with van der Waals surface area (Å²) in [5, 5.41) is 6.80. The van der Waals surface area contributed by atoms with Crippen LogP contribution in [0.4, 0.5) is 0 Å². The molecule has 0 unspecified atom stereocenters. The molecule has 158 valence electrons. The van der Waals surface area contributed by atoms with Crippen LogP contribution in [-0.4, -0.2) is 34.3 Å². The Morgan fingerprint density at radius 3 is 2.87 bits per heavy atom. The molecule has 0 atom stereocenters. The summed E-state index contributed by atoms with van der Waals surface area (Å²) >= 11 is 0. The summed E-state index contributed by atoms with van der Waals surface area (Å²) in [5.41, 5.74) is 2.57. The quantitative estimate of drug-likeness (QED) is 0.407. The predicted molar refractivity (Wildman–Crippen MR) is 112 cm³/mol. The van der Waals surface area contributed by atoms with Gasteiger partial charge in [0, 0.05) is 31.6 Å². The Balaban J connectivity index is 1.51. The van der Waals surface area contributed by atoms with Crippen molar-refractivity contribution < 1.29 is 18.8 Å². The van der Waals surface area contributed by atoms with Crippen LogP contribution in [0.1, 0.15) is 29.0 Å². The third-order valence-corrected chi connectivity index (χ3v) is 4.62. The normalized spacial score (nSPS) is 11.0. The van der Waals surface area contributed by atoms with Crippen LogP contribution < -0.4 is 14.8 Å². The molecule has 8 heteroatoms.